The van der Waals surface area contributed by atoms with E-state index in [1.807, 2.05) is 32.0 Å². The molecule has 0 aliphatic rings. The average molecular weight is 280 g/mol. The SMILES string of the molecule is COC(=O)CC([SiH2]c1cccc(C)c1C)C(=O)OC. The van der Waals surface area contributed by atoms with Gasteiger partial charge in [-0.3, -0.25) is 9.59 Å². The topological polar surface area (TPSA) is 52.6 Å². The van der Waals surface area contributed by atoms with Crippen LogP contribution in [-0.4, -0.2) is 35.7 Å². The highest BCUT2D eigenvalue weighted by molar-refractivity contribution is 6.59. The zero-order valence-electron chi connectivity index (χ0n) is 11.9. The summed E-state index contributed by atoms with van der Waals surface area (Å²) in [6.07, 6.45) is 0.1000. The Balaban J connectivity index is 2.91. The Bertz CT molecular complexity index is 471. The summed E-state index contributed by atoms with van der Waals surface area (Å²) in [6, 6.07) is 6.06. The van der Waals surface area contributed by atoms with Gasteiger partial charge in [-0.25, -0.2) is 0 Å². The van der Waals surface area contributed by atoms with E-state index >= 15 is 0 Å². The number of hydrogen-bond acceptors (Lipinski definition) is 4. The van der Waals surface area contributed by atoms with Gasteiger partial charge in [0.1, 0.15) is 0 Å². The second kappa shape index (κ2) is 7.09. The van der Waals surface area contributed by atoms with Crippen LogP contribution in [-0.2, 0) is 19.1 Å². The lowest BCUT2D eigenvalue weighted by molar-refractivity contribution is -0.147. The van der Waals surface area contributed by atoms with Crippen molar-refractivity contribution in [1.82, 2.24) is 0 Å². The van der Waals surface area contributed by atoms with Crippen molar-refractivity contribution in [2.24, 2.45) is 0 Å². The van der Waals surface area contributed by atoms with Gasteiger partial charge in [-0.05, 0) is 25.0 Å². The fraction of sp³-hybridized carbons (Fsp3) is 0.429. The molecule has 1 aromatic rings. The van der Waals surface area contributed by atoms with Gasteiger partial charge in [0.05, 0.1) is 35.7 Å². The number of carbonyl (C=O) groups is 2. The Hall–Kier alpha value is -1.62. The number of carbonyl (C=O) groups excluding carboxylic acids is 2. The molecular formula is C14H20O4Si. The van der Waals surface area contributed by atoms with E-state index in [4.69, 9.17) is 4.74 Å². The van der Waals surface area contributed by atoms with E-state index in [9.17, 15) is 9.59 Å². The third-order valence-electron chi connectivity index (χ3n) is 3.36. The second-order valence-electron chi connectivity index (χ2n) is 4.56. The summed E-state index contributed by atoms with van der Waals surface area (Å²) in [5.41, 5.74) is 2.04. The Morgan fingerprint density at radius 3 is 2.47 bits per heavy atom. The molecule has 5 heteroatoms. The zero-order valence-corrected chi connectivity index (χ0v) is 13.3. The van der Waals surface area contributed by atoms with Crippen molar-refractivity contribution < 1.29 is 19.1 Å². The van der Waals surface area contributed by atoms with E-state index in [1.54, 1.807) is 0 Å². The van der Waals surface area contributed by atoms with Gasteiger partial charge in [0.2, 0.25) is 0 Å². The number of esters is 2. The fourth-order valence-electron chi connectivity index (χ4n) is 1.99. The third-order valence-corrected chi connectivity index (χ3v) is 5.68. The van der Waals surface area contributed by atoms with E-state index in [-0.39, 0.29) is 23.9 Å². The van der Waals surface area contributed by atoms with Crippen LogP contribution < -0.4 is 5.19 Å². The lowest BCUT2D eigenvalue weighted by atomic mass is 10.1. The molecule has 0 heterocycles. The normalized spacial score (nSPS) is 12.4. The smallest absolute Gasteiger partial charge is 0.306 e. The van der Waals surface area contributed by atoms with Crippen LogP contribution in [0.4, 0.5) is 0 Å². The maximum atomic E-state index is 11.8. The van der Waals surface area contributed by atoms with Gasteiger partial charge in [-0.15, -0.1) is 0 Å². The van der Waals surface area contributed by atoms with Gasteiger partial charge in [0.25, 0.3) is 0 Å². The van der Waals surface area contributed by atoms with Crippen molar-refractivity contribution in [1.29, 1.82) is 0 Å². The first-order valence-electron chi connectivity index (χ1n) is 6.19. The van der Waals surface area contributed by atoms with Gasteiger partial charge in [-0.1, -0.05) is 23.4 Å². The van der Waals surface area contributed by atoms with Gasteiger partial charge in [0, 0.05) is 0 Å². The standard InChI is InChI=1S/C14H20O4Si/c1-9-6-5-7-11(10(9)2)19-12(14(16)18-4)8-13(15)17-3/h5-7,12H,8,19H2,1-4H3. The van der Waals surface area contributed by atoms with Crippen molar-refractivity contribution in [2.45, 2.75) is 25.8 Å². The molecule has 4 nitrogen and oxygen atoms in total. The second-order valence-corrected chi connectivity index (χ2v) is 6.72. The number of ether oxygens (including phenoxy) is 2. The molecule has 1 unspecified atom stereocenters. The van der Waals surface area contributed by atoms with Crippen molar-refractivity contribution in [3.8, 4) is 0 Å². The fourth-order valence-corrected chi connectivity index (χ4v) is 4.09. The summed E-state index contributed by atoms with van der Waals surface area (Å²) >= 11 is 0. The molecule has 1 rings (SSSR count). The summed E-state index contributed by atoms with van der Waals surface area (Å²) in [5.74, 6) is -0.689. The highest BCUT2D eigenvalue weighted by Gasteiger charge is 2.24. The number of aryl methyl sites for hydroxylation is 1. The zero-order chi connectivity index (χ0) is 14.4. The highest BCUT2D eigenvalue weighted by atomic mass is 28.2. The van der Waals surface area contributed by atoms with Crippen LogP contribution in [0.25, 0.3) is 0 Å². The van der Waals surface area contributed by atoms with Gasteiger partial charge in [0.15, 0.2) is 0 Å². The molecule has 0 bridgehead atoms. The van der Waals surface area contributed by atoms with Gasteiger partial charge in [-0.2, -0.15) is 0 Å². The molecule has 0 aromatic heterocycles. The first-order valence-corrected chi connectivity index (χ1v) is 7.71. The Morgan fingerprint density at radius 2 is 1.89 bits per heavy atom. The first-order chi connectivity index (χ1) is 8.99. The maximum absolute atomic E-state index is 11.8. The molecule has 0 fully saturated rings. The number of hydrogen-bond donors (Lipinski definition) is 0. The van der Waals surface area contributed by atoms with E-state index in [0.717, 1.165) is 0 Å². The minimum atomic E-state index is -0.934. The van der Waals surface area contributed by atoms with E-state index < -0.39 is 9.52 Å². The van der Waals surface area contributed by atoms with E-state index in [2.05, 4.69) is 4.74 Å². The molecule has 0 amide bonds. The molecule has 1 atom stereocenters. The maximum Gasteiger partial charge on any atom is 0.306 e. The molecule has 1 aromatic carbocycles. The molecule has 0 saturated carbocycles. The quantitative estimate of drug-likeness (QED) is 0.586. The molecule has 0 saturated heterocycles. The van der Waals surface area contributed by atoms with Crippen LogP contribution in [0.5, 0.6) is 0 Å². The predicted molar refractivity (Wildman–Crippen MR) is 76.5 cm³/mol. The number of benzene rings is 1. The van der Waals surface area contributed by atoms with Crippen molar-refractivity contribution in [3.63, 3.8) is 0 Å². The summed E-state index contributed by atoms with van der Waals surface area (Å²) in [5, 5.41) is 1.19. The Morgan fingerprint density at radius 1 is 1.21 bits per heavy atom. The Labute approximate surface area is 115 Å². The molecule has 104 valence electrons. The van der Waals surface area contributed by atoms with E-state index in [1.165, 1.54) is 30.5 Å². The van der Waals surface area contributed by atoms with E-state index in [0.29, 0.717) is 0 Å². The van der Waals surface area contributed by atoms with Crippen molar-refractivity contribution in [2.75, 3.05) is 14.2 Å². The lowest BCUT2D eigenvalue weighted by Crippen LogP contribution is -2.30. The van der Waals surface area contributed by atoms with Crippen LogP contribution >= 0.6 is 0 Å². The number of methoxy groups -OCH3 is 2. The molecule has 0 radical (unpaired) electrons. The van der Waals surface area contributed by atoms with Crippen LogP contribution in [0.1, 0.15) is 17.5 Å². The van der Waals surface area contributed by atoms with Crippen molar-refractivity contribution >= 4 is 26.6 Å². The van der Waals surface area contributed by atoms with Crippen LogP contribution in [0.3, 0.4) is 0 Å². The monoisotopic (exact) mass is 280 g/mol. The summed E-state index contributed by atoms with van der Waals surface area (Å²) in [7, 11) is 1.75. The average Bonchev–Trinajstić information content (AvgIpc) is 2.41. The summed E-state index contributed by atoms with van der Waals surface area (Å²) in [6.45, 7) is 4.09. The van der Waals surface area contributed by atoms with Gasteiger partial charge >= 0.3 is 11.9 Å². The largest absolute Gasteiger partial charge is 0.469 e. The predicted octanol–water partition coefficient (Wildman–Crippen LogP) is 0.622. The van der Waals surface area contributed by atoms with Crippen molar-refractivity contribution in [3.05, 3.63) is 29.3 Å². The highest BCUT2D eigenvalue weighted by Crippen LogP contribution is 2.14. The molecule has 0 N–H and O–H groups in total. The molecular weight excluding hydrogens is 260 g/mol. The van der Waals surface area contributed by atoms with Crippen LogP contribution in [0.2, 0.25) is 5.54 Å². The molecule has 0 aliphatic heterocycles. The van der Waals surface area contributed by atoms with Crippen LogP contribution in [0.15, 0.2) is 18.2 Å². The van der Waals surface area contributed by atoms with Crippen LogP contribution in [0, 0.1) is 13.8 Å². The number of rotatable bonds is 5. The Kier molecular flexibility index (Phi) is 5.76. The minimum absolute atomic E-state index is 0.1000. The minimum Gasteiger partial charge on any atom is -0.469 e. The molecule has 0 aliphatic carbocycles. The third kappa shape index (κ3) is 4.20. The summed E-state index contributed by atoms with van der Waals surface area (Å²) in [4.78, 5) is 23.1. The molecule has 19 heavy (non-hydrogen) atoms. The van der Waals surface area contributed by atoms with Gasteiger partial charge < -0.3 is 9.47 Å². The first kappa shape index (κ1) is 15.4. The lowest BCUT2D eigenvalue weighted by Gasteiger charge is -2.15. The molecule has 0 spiro atoms. The summed E-state index contributed by atoms with van der Waals surface area (Å²) < 4.78 is 9.43.